The second kappa shape index (κ2) is 12.4. The molecule has 1 aromatic carbocycles. The van der Waals surface area contributed by atoms with Crippen LogP contribution in [-0.4, -0.2) is 92.8 Å². The lowest BCUT2D eigenvalue weighted by Crippen LogP contribution is -2.48. The number of ether oxygens (including phenoxy) is 5. The van der Waals surface area contributed by atoms with Gasteiger partial charge in [0.25, 0.3) is 0 Å². The maximum atomic E-state index is 12.3. The molecular formula is C26H35N5O7S. The van der Waals surface area contributed by atoms with Crippen LogP contribution in [0.5, 0.6) is 17.4 Å². The molecule has 13 heteroatoms. The molecule has 3 heterocycles. The number of likely N-dealkylation sites (N-methyl/N-ethyl adjacent to an activating group) is 1. The predicted molar refractivity (Wildman–Crippen MR) is 146 cm³/mol. The summed E-state index contributed by atoms with van der Waals surface area (Å²) in [5.41, 5.74) is 1.31. The van der Waals surface area contributed by atoms with Gasteiger partial charge in [-0.05, 0) is 37.5 Å². The summed E-state index contributed by atoms with van der Waals surface area (Å²) < 4.78 is 55.1. The number of benzene rings is 1. The minimum Gasteiger partial charge on any atom is -0.487 e. The van der Waals surface area contributed by atoms with E-state index in [0.717, 1.165) is 31.1 Å². The first kappa shape index (κ1) is 27.4. The van der Waals surface area contributed by atoms with E-state index in [-0.39, 0.29) is 12.1 Å². The van der Waals surface area contributed by atoms with E-state index in [1.165, 1.54) is 10.6 Å². The summed E-state index contributed by atoms with van der Waals surface area (Å²) in [6.07, 6.45) is 6.04. The highest BCUT2D eigenvalue weighted by Gasteiger charge is 2.34. The molecule has 0 bridgehead atoms. The number of hydrogen-bond acceptors (Lipinski definition) is 10. The molecule has 2 atom stereocenters. The van der Waals surface area contributed by atoms with Gasteiger partial charge in [0.2, 0.25) is 21.9 Å². The topological polar surface area (TPSA) is 137 Å². The summed E-state index contributed by atoms with van der Waals surface area (Å²) in [5.74, 6) is 1.89. The van der Waals surface area contributed by atoms with Crippen LogP contribution in [-0.2, 0) is 19.5 Å². The van der Waals surface area contributed by atoms with Gasteiger partial charge in [-0.25, -0.2) is 8.42 Å². The van der Waals surface area contributed by atoms with Crippen molar-refractivity contribution in [3.8, 4) is 17.4 Å². The summed E-state index contributed by atoms with van der Waals surface area (Å²) in [6, 6.07) is 7.08. The summed E-state index contributed by atoms with van der Waals surface area (Å²) in [6.45, 7) is 2.68. The molecule has 1 unspecified atom stereocenters. The summed E-state index contributed by atoms with van der Waals surface area (Å²) in [5, 5.41) is 3.96. The number of nitrogens with zero attached hydrogens (tertiary/aromatic N) is 3. The molecule has 1 aliphatic carbocycles. The molecule has 0 saturated heterocycles. The van der Waals surface area contributed by atoms with Gasteiger partial charge in [0, 0.05) is 25.0 Å². The van der Waals surface area contributed by atoms with Gasteiger partial charge < -0.3 is 34.0 Å². The van der Waals surface area contributed by atoms with E-state index in [0.29, 0.717) is 74.3 Å². The lowest BCUT2D eigenvalue weighted by Gasteiger charge is -2.36. The van der Waals surface area contributed by atoms with Crippen molar-refractivity contribution in [1.29, 1.82) is 0 Å². The quantitative estimate of drug-likeness (QED) is 0.462. The van der Waals surface area contributed by atoms with Gasteiger partial charge in [-0.15, -0.1) is 0 Å². The number of fused-ring (bicyclic) bond motifs is 2. The van der Waals surface area contributed by atoms with E-state index in [2.05, 4.69) is 20.3 Å². The second-order valence-electron chi connectivity index (χ2n) is 9.59. The van der Waals surface area contributed by atoms with Crippen molar-refractivity contribution < 1.29 is 32.1 Å². The molecule has 3 aromatic rings. The first-order valence-electron chi connectivity index (χ1n) is 13.2. The summed E-state index contributed by atoms with van der Waals surface area (Å²) >= 11 is 0. The fourth-order valence-corrected chi connectivity index (χ4v) is 5.50. The van der Waals surface area contributed by atoms with Crippen LogP contribution >= 0.6 is 0 Å². The maximum absolute atomic E-state index is 12.3. The van der Waals surface area contributed by atoms with Crippen molar-refractivity contribution in [2.24, 2.45) is 0 Å². The zero-order valence-corrected chi connectivity index (χ0v) is 23.0. The van der Waals surface area contributed by atoms with Crippen LogP contribution in [0.1, 0.15) is 25.7 Å². The monoisotopic (exact) mass is 561 g/mol. The highest BCUT2D eigenvalue weighted by molar-refractivity contribution is 7.88. The number of rotatable bonds is 6. The van der Waals surface area contributed by atoms with Crippen molar-refractivity contribution in [1.82, 2.24) is 19.3 Å². The summed E-state index contributed by atoms with van der Waals surface area (Å²) in [4.78, 5) is 12.4. The Kier molecular flexibility index (Phi) is 8.70. The minimum absolute atomic E-state index is 0.268. The Morgan fingerprint density at radius 2 is 1.69 bits per heavy atom. The van der Waals surface area contributed by atoms with Crippen LogP contribution < -0.4 is 19.5 Å². The van der Waals surface area contributed by atoms with E-state index >= 15 is 0 Å². The Hall–Kier alpha value is -3.13. The van der Waals surface area contributed by atoms with Crippen molar-refractivity contribution in [3.05, 3.63) is 30.5 Å². The van der Waals surface area contributed by atoms with E-state index in [4.69, 9.17) is 23.7 Å². The van der Waals surface area contributed by atoms with Crippen LogP contribution in [0.15, 0.2) is 30.5 Å². The molecular weight excluding hydrogens is 526 g/mol. The lowest BCUT2D eigenvalue weighted by atomic mass is 9.92. The fourth-order valence-electron chi connectivity index (χ4n) is 4.77. The van der Waals surface area contributed by atoms with Crippen LogP contribution in [0, 0.1) is 0 Å². The Morgan fingerprint density at radius 1 is 0.974 bits per heavy atom. The maximum Gasteiger partial charge on any atom is 0.232 e. The van der Waals surface area contributed by atoms with Gasteiger partial charge in [0.05, 0.1) is 44.1 Å². The zero-order chi connectivity index (χ0) is 27.2. The molecule has 5 rings (SSSR count). The first-order chi connectivity index (χ1) is 18.9. The number of aromatic nitrogens is 3. The number of aromatic amines is 1. The average Bonchev–Trinajstić information content (AvgIpc) is 3.38. The van der Waals surface area contributed by atoms with Crippen LogP contribution in [0.3, 0.4) is 0 Å². The average molecular weight is 562 g/mol. The number of H-pyrrole nitrogens is 1. The molecule has 0 radical (unpaired) electrons. The van der Waals surface area contributed by atoms with Crippen LogP contribution in [0.4, 0.5) is 11.6 Å². The highest BCUT2D eigenvalue weighted by Crippen LogP contribution is 2.34. The van der Waals surface area contributed by atoms with E-state index in [1.54, 1.807) is 13.2 Å². The molecule has 1 fully saturated rings. The van der Waals surface area contributed by atoms with Gasteiger partial charge >= 0.3 is 0 Å². The van der Waals surface area contributed by atoms with Crippen molar-refractivity contribution >= 4 is 32.7 Å². The first-order valence-corrected chi connectivity index (χ1v) is 15.0. The fraction of sp³-hybridized carbons (Fsp3) is 0.538. The molecule has 12 nitrogen and oxygen atoms in total. The standard InChI is InChI=1S/C26H35N5O7S/c1-31(39(2,32)33)20-5-3-4-6-21(20)38-25-19-9-10-27-24(19)29-26(30-25)28-18-7-8-22-23(17-18)37-16-14-35-12-11-34-13-15-36-22/h7-10,17,20-21H,3-6,11-16H2,1-2H3,(H2,27,28,29,30)/t20-,21?/m1/s1. The smallest absolute Gasteiger partial charge is 0.232 e. The van der Waals surface area contributed by atoms with Gasteiger partial charge in [0.1, 0.15) is 25.0 Å². The van der Waals surface area contributed by atoms with Crippen LogP contribution in [0.25, 0.3) is 11.0 Å². The molecule has 212 valence electrons. The summed E-state index contributed by atoms with van der Waals surface area (Å²) in [7, 11) is -1.75. The Bertz CT molecular complexity index is 1370. The number of anilines is 2. The van der Waals surface area contributed by atoms with E-state index in [9.17, 15) is 8.42 Å². The molecule has 2 aromatic heterocycles. The second-order valence-corrected chi connectivity index (χ2v) is 11.6. The largest absolute Gasteiger partial charge is 0.487 e. The zero-order valence-electron chi connectivity index (χ0n) is 22.2. The third-order valence-corrected chi connectivity index (χ3v) is 8.16. The predicted octanol–water partition coefficient (Wildman–Crippen LogP) is 3.09. The van der Waals surface area contributed by atoms with Gasteiger partial charge in [-0.3, -0.25) is 0 Å². The van der Waals surface area contributed by atoms with E-state index in [1.807, 2.05) is 24.3 Å². The molecule has 2 aliphatic rings. The molecule has 1 aliphatic heterocycles. The minimum atomic E-state index is -3.36. The van der Waals surface area contributed by atoms with Gasteiger partial charge in [-0.2, -0.15) is 14.3 Å². The highest BCUT2D eigenvalue weighted by atomic mass is 32.2. The molecule has 0 spiro atoms. The Labute approximate surface area is 228 Å². The number of hydrogen-bond donors (Lipinski definition) is 2. The molecule has 0 amide bonds. The lowest BCUT2D eigenvalue weighted by molar-refractivity contribution is 0.0223. The molecule has 39 heavy (non-hydrogen) atoms. The Balaban J connectivity index is 1.38. The normalized spacial score (nSPS) is 21.2. The third kappa shape index (κ3) is 6.90. The SMILES string of the molecule is CN([C@@H]1CCCCC1Oc1nc(Nc2ccc3c(c2)OCCOCCOCCO3)nc2[nH]ccc12)S(C)(=O)=O. The molecule has 2 N–H and O–H groups in total. The van der Waals surface area contributed by atoms with Crippen LogP contribution in [0.2, 0.25) is 0 Å². The van der Waals surface area contributed by atoms with Crippen molar-refractivity contribution in [2.75, 3.05) is 58.3 Å². The third-order valence-electron chi connectivity index (χ3n) is 6.84. The van der Waals surface area contributed by atoms with E-state index < -0.39 is 10.0 Å². The Morgan fingerprint density at radius 3 is 2.46 bits per heavy atom. The van der Waals surface area contributed by atoms with Gasteiger partial charge in [-0.1, -0.05) is 6.42 Å². The van der Waals surface area contributed by atoms with Crippen molar-refractivity contribution in [2.45, 2.75) is 37.8 Å². The van der Waals surface area contributed by atoms with Gasteiger partial charge in [0.15, 0.2) is 11.5 Å². The number of nitrogens with one attached hydrogen (secondary N) is 2. The molecule has 1 saturated carbocycles. The van der Waals surface area contributed by atoms with Crippen molar-refractivity contribution in [3.63, 3.8) is 0 Å². The number of sulfonamides is 1.